The van der Waals surface area contributed by atoms with Crippen molar-refractivity contribution < 1.29 is 17.6 Å². The minimum Gasteiger partial charge on any atom is -0.309 e. The number of hydrogen-bond donors (Lipinski definition) is 0. The van der Waals surface area contributed by atoms with Gasteiger partial charge < -0.3 is 19.6 Å². The number of nitrogens with zero attached hydrogens (tertiary/aromatic N) is 12. The summed E-state index contributed by atoms with van der Waals surface area (Å²) >= 11 is 0. The normalized spacial score (nSPS) is 11.8. The summed E-state index contributed by atoms with van der Waals surface area (Å²) in [5.74, 6) is -1.63. The number of hydrogen-bond acceptors (Lipinski definition) is 12. The highest BCUT2D eigenvalue weighted by atomic mass is 19.1. The molecule has 0 N–H and O–H groups in total. The van der Waals surface area contributed by atoms with Gasteiger partial charge in [-0.2, -0.15) is 0 Å². The first-order valence-corrected chi connectivity index (χ1v) is 31.4. The van der Waals surface area contributed by atoms with Gasteiger partial charge in [-0.05, 0) is 233 Å². The van der Waals surface area contributed by atoms with Crippen LogP contribution in [0.5, 0.6) is 0 Å². The molecule has 0 unspecified atom stereocenters. The zero-order valence-corrected chi connectivity index (χ0v) is 53.5. The molecule has 12 aromatic carbocycles. The molecule has 0 saturated carbocycles. The molecule has 0 spiro atoms. The van der Waals surface area contributed by atoms with Crippen LogP contribution in [-0.2, 0) is 0 Å². The predicted molar refractivity (Wildman–Crippen MR) is 379 cm³/mol. The standard InChI is InChI=1S/C80H58F4N12/c1-43-29-67-63(35-85-39-89-67)47(5)77(43)93(55-17-9-51(81)10-18-55)71-33-72(94(56-19-11-52(82)12-20-56)78-44(2)30-68-64(48(78)6)36-86-40-90-68)60-27-28-62-74(96(58-23-15-54(84)16-24-58)80-46(4)32-70-66(50(80)8)38-88-42-92-70)34-73(61-26-25-59(71)75(60)76(61)62)95(57-21-13-53(83)14-22-57)79-45(3)31-69-65(49(79)7)37-87-41-91-69/h9-42H,1-8H3. The van der Waals surface area contributed by atoms with Gasteiger partial charge in [-0.25, -0.2) is 57.4 Å². The third kappa shape index (κ3) is 9.49. The minimum atomic E-state index is -0.408. The number of aryl methyl sites for hydroxylation is 8. The molecule has 0 bridgehead atoms. The monoisotopic (exact) mass is 1260 g/mol. The summed E-state index contributed by atoms with van der Waals surface area (Å²) < 4.78 is 62.6. The van der Waals surface area contributed by atoms with Crippen LogP contribution in [-0.4, -0.2) is 39.9 Å². The Morgan fingerprint density at radius 3 is 0.667 bits per heavy atom. The third-order valence-electron chi connectivity index (χ3n) is 18.9. The van der Waals surface area contributed by atoms with Crippen LogP contribution >= 0.6 is 0 Å². The predicted octanol–water partition coefficient (Wildman–Crippen LogP) is 21.3. The van der Waals surface area contributed by atoms with Gasteiger partial charge in [0.1, 0.15) is 48.6 Å². The number of fused-ring (bicyclic) bond motifs is 4. The summed E-state index contributed by atoms with van der Waals surface area (Å²) in [4.78, 5) is 45.8. The zero-order valence-electron chi connectivity index (χ0n) is 53.5. The molecular formula is C80H58F4N12. The van der Waals surface area contributed by atoms with Gasteiger partial charge in [0, 0.05) is 101 Å². The van der Waals surface area contributed by atoms with Crippen molar-refractivity contribution in [2.24, 2.45) is 0 Å². The molecule has 0 fully saturated rings. The average Bonchev–Trinajstić information content (AvgIpc) is 0.697. The molecule has 0 saturated heterocycles. The van der Waals surface area contributed by atoms with Gasteiger partial charge in [-0.3, -0.25) is 0 Å². The first kappa shape index (κ1) is 59.0. The molecular weight excluding hydrogens is 1200 g/mol. The molecule has 0 aliphatic carbocycles. The summed E-state index contributed by atoms with van der Waals surface area (Å²) in [6.07, 6.45) is 13.5. The molecule has 0 aliphatic rings. The van der Waals surface area contributed by atoms with Crippen molar-refractivity contribution in [1.29, 1.82) is 0 Å². The van der Waals surface area contributed by atoms with Crippen molar-refractivity contribution in [1.82, 2.24) is 39.9 Å². The molecule has 4 aromatic heterocycles. The fourth-order valence-corrected chi connectivity index (χ4v) is 14.7. The highest BCUT2D eigenvalue weighted by Crippen LogP contribution is 2.57. The lowest BCUT2D eigenvalue weighted by molar-refractivity contribution is 0.627. The molecule has 0 aliphatic heterocycles. The largest absolute Gasteiger partial charge is 0.309 e. The highest BCUT2D eigenvalue weighted by molar-refractivity contribution is 6.33. The quantitative estimate of drug-likeness (QED) is 0.0856. The van der Waals surface area contributed by atoms with E-state index >= 15 is 17.6 Å². The number of anilines is 12. The topological polar surface area (TPSA) is 116 Å². The second kappa shape index (κ2) is 22.9. The Hall–Kier alpha value is -12.0. The molecule has 16 aromatic rings. The highest BCUT2D eigenvalue weighted by Gasteiger charge is 2.33. The summed E-state index contributed by atoms with van der Waals surface area (Å²) in [5, 5.41) is 8.23. The summed E-state index contributed by atoms with van der Waals surface area (Å²) in [6, 6.07) is 47.4. The van der Waals surface area contributed by atoms with Crippen LogP contribution in [0.25, 0.3) is 75.9 Å². The van der Waals surface area contributed by atoms with E-state index in [1.807, 2.05) is 24.8 Å². The lowest BCUT2D eigenvalue weighted by Crippen LogP contribution is -2.18. The van der Waals surface area contributed by atoms with Crippen LogP contribution in [0, 0.1) is 78.7 Å². The molecule has 0 atom stereocenters. The van der Waals surface area contributed by atoms with E-state index in [1.54, 1.807) is 73.8 Å². The van der Waals surface area contributed by atoms with Gasteiger partial charge in [-0.15, -0.1) is 0 Å². The SMILES string of the molecule is Cc1cc2ncncc2c(C)c1N(c1ccc(F)cc1)c1cc(N(c2ccc(F)cc2)c2c(C)cc3ncncc3c2C)c2ccc3c(N(c4ccc(F)cc4)c4c(C)cc5ncncc5c4C)cc(N(c4ccc(F)cc4)c4c(C)cc5ncncc5c4C)c4ccc1c2c43. The summed E-state index contributed by atoms with van der Waals surface area (Å²) in [5.41, 5.74) is 18.9. The molecule has 0 radical (unpaired) electrons. The Kier molecular flexibility index (Phi) is 14.1. The van der Waals surface area contributed by atoms with Gasteiger partial charge in [0.25, 0.3) is 0 Å². The van der Waals surface area contributed by atoms with Crippen molar-refractivity contribution in [3.8, 4) is 0 Å². The maximum Gasteiger partial charge on any atom is 0.123 e. The van der Waals surface area contributed by atoms with E-state index in [2.05, 4.69) is 156 Å². The second-order valence-electron chi connectivity index (χ2n) is 24.6. The Bertz CT molecular complexity index is 5120. The Morgan fingerprint density at radius 1 is 0.250 bits per heavy atom. The molecule has 0 amide bonds. The zero-order chi connectivity index (χ0) is 65.9. The average molecular weight is 1260 g/mol. The van der Waals surface area contributed by atoms with Crippen LogP contribution in [0.4, 0.5) is 85.8 Å². The van der Waals surface area contributed by atoms with Crippen LogP contribution in [0.15, 0.2) is 208 Å². The Morgan fingerprint density at radius 2 is 0.458 bits per heavy atom. The van der Waals surface area contributed by atoms with Crippen molar-refractivity contribution in [3.63, 3.8) is 0 Å². The van der Waals surface area contributed by atoms with Gasteiger partial charge in [0.05, 0.1) is 67.6 Å². The first-order valence-electron chi connectivity index (χ1n) is 31.4. The molecule has 12 nitrogen and oxygen atoms in total. The number of aromatic nitrogens is 8. The number of halogens is 4. The lowest BCUT2D eigenvalue weighted by Gasteiger charge is -2.36. The maximum absolute atomic E-state index is 15.7. The van der Waals surface area contributed by atoms with E-state index < -0.39 is 23.3 Å². The fraction of sp³-hybridized carbons (Fsp3) is 0.100. The van der Waals surface area contributed by atoms with Crippen LogP contribution in [0.2, 0.25) is 0 Å². The van der Waals surface area contributed by atoms with E-state index in [1.165, 1.54) is 48.5 Å². The maximum atomic E-state index is 15.7. The van der Waals surface area contributed by atoms with Crippen molar-refractivity contribution in [3.05, 3.63) is 276 Å². The van der Waals surface area contributed by atoms with Gasteiger partial charge in [0.2, 0.25) is 0 Å². The fourth-order valence-electron chi connectivity index (χ4n) is 14.7. The van der Waals surface area contributed by atoms with Crippen molar-refractivity contribution in [2.45, 2.75) is 55.4 Å². The first-order chi connectivity index (χ1) is 46.6. The molecule has 4 heterocycles. The van der Waals surface area contributed by atoms with E-state index in [4.69, 9.17) is 19.9 Å². The van der Waals surface area contributed by atoms with Gasteiger partial charge in [0.15, 0.2) is 0 Å². The molecule has 466 valence electrons. The van der Waals surface area contributed by atoms with Crippen LogP contribution in [0.1, 0.15) is 44.5 Å². The molecule has 16 heteroatoms. The van der Waals surface area contributed by atoms with Crippen LogP contribution < -0.4 is 19.6 Å². The molecule has 16 rings (SSSR count). The van der Waals surface area contributed by atoms with Gasteiger partial charge in [-0.1, -0.05) is 24.3 Å². The van der Waals surface area contributed by atoms with Crippen LogP contribution in [0.3, 0.4) is 0 Å². The molecule has 96 heavy (non-hydrogen) atoms. The Balaban J connectivity index is 1.15. The van der Waals surface area contributed by atoms with E-state index in [0.29, 0.717) is 45.5 Å². The Labute approximate surface area is 549 Å². The second-order valence-corrected chi connectivity index (χ2v) is 24.6. The van der Waals surface area contributed by atoms with Crippen molar-refractivity contribution >= 4 is 144 Å². The number of rotatable bonds is 12. The van der Waals surface area contributed by atoms with Gasteiger partial charge >= 0.3 is 0 Å². The van der Waals surface area contributed by atoms with E-state index in [-0.39, 0.29) is 0 Å². The van der Waals surface area contributed by atoms with E-state index in [0.717, 1.165) is 143 Å². The third-order valence-corrected chi connectivity index (χ3v) is 18.9. The smallest absolute Gasteiger partial charge is 0.123 e. The minimum absolute atomic E-state index is 0.408. The number of benzene rings is 12. The van der Waals surface area contributed by atoms with Crippen molar-refractivity contribution in [2.75, 3.05) is 19.6 Å². The summed E-state index contributed by atoms with van der Waals surface area (Å²) in [6.45, 7) is 16.5. The summed E-state index contributed by atoms with van der Waals surface area (Å²) in [7, 11) is 0. The van der Waals surface area contributed by atoms with E-state index in [9.17, 15) is 0 Å². The lowest BCUT2D eigenvalue weighted by atomic mass is 9.88.